The van der Waals surface area contributed by atoms with Gasteiger partial charge in [-0.25, -0.2) is 15.8 Å². The third-order valence-corrected chi connectivity index (χ3v) is 2.99. The van der Waals surface area contributed by atoms with E-state index in [4.69, 9.17) is 10.6 Å². The van der Waals surface area contributed by atoms with Gasteiger partial charge in [-0.2, -0.15) is 0 Å². The van der Waals surface area contributed by atoms with Gasteiger partial charge in [-0.05, 0) is 26.7 Å². The fraction of sp³-hybridized carbons (Fsp3) is 0.667. The van der Waals surface area contributed by atoms with Gasteiger partial charge in [-0.1, -0.05) is 0 Å². The van der Waals surface area contributed by atoms with Gasteiger partial charge in [0.1, 0.15) is 17.5 Å². The molecule has 0 radical (unpaired) electrons. The average Bonchev–Trinajstić information content (AvgIpc) is 3.20. The molecule has 4 N–H and O–H groups in total. The van der Waals surface area contributed by atoms with Crippen molar-refractivity contribution in [3.8, 4) is 0 Å². The molecule has 1 aromatic heterocycles. The van der Waals surface area contributed by atoms with Crippen molar-refractivity contribution in [1.82, 2.24) is 9.97 Å². The zero-order chi connectivity index (χ0) is 13.0. The minimum Gasteiger partial charge on any atom is -0.380 e. The van der Waals surface area contributed by atoms with Crippen LogP contribution in [0.3, 0.4) is 0 Å². The second-order valence-corrected chi connectivity index (χ2v) is 4.45. The summed E-state index contributed by atoms with van der Waals surface area (Å²) in [4.78, 5) is 9.01. The van der Waals surface area contributed by atoms with E-state index in [0.717, 1.165) is 30.4 Å². The number of ether oxygens (including phenoxy) is 1. The molecule has 100 valence electrons. The molecule has 1 aromatic rings. The minimum absolute atomic E-state index is 0.505. The largest absolute Gasteiger partial charge is 0.380 e. The number of anilines is 2. The van der Waals surface area contributed by atoms with Crippen molar-refractivity contribution in [1.29, 1.82) is 0 Å². The molecule has 0 unspecified atom stereocenters. The first kappa shape index (κ1) is 13.0. The fourth-order valence-corrected chi connectivity index (χ4v) is 1.76. The van der Waals surface area contributed by atoms with E-state index in [2.05, 4.69) is 20.7 Å². The lowest BCUT2D eigenvalue weighted by Crippen LogP contribution is -2.16. The molecule has 1 saturated carbocycles. The molecule has 0 amide bonds. The Balaban J connectivity index is 2.08. The number of nitrogens with zero attached hydrogens (tertiary/aromatic N) is 2. The van der Waals surface area contributed by atoms with Gasteiger partial charge in [-0.15, -0.1) is 0 Å². The van der Waals surface area contributed by atoms with Crippen LogP contribution in [0, 0.1) is 6.92 Å². The average molecular weight is 251 g/mol. The summed E-state index contributed by atoms with van der Waals surface area (Å²) in [5.74, 6) is 8.43. The van der Waals surface area contributed by atoms with E-state index < -0.39 is 0 Å². The van der Waals surface area contributed by atoms with E-state index in [-0.39, 0.29) is 0 Å². The standard InChI is InChI=1S/C12H21N5O/c1-3-18-7-6-14-10-8(2)11(17-13)16-12(15-10)9-4-5-9/h9H,3-7,13H2,1-2H3,(H2,14,15,16,17). The van der Waals surface area contributed by atoms with Gasteiger partial charge < -0.3 is 15.5 Å². The second kappa shape index (κ2) is 5.97. The normalized spacial score (nSPS) is 14.6. The summed E-state index contributed by atoms with van der Waals surface area (Å²) in [6.07, 6.45) is 2.34. The van der Waals surface area contributed by atoms with Gasteiger partial charge in [0.2, 0.25) is 0 Å². The first-order valence-electron chi connectivity index (χ1n) is 6.43. The van der Waals surface area contributed by atoms with E-state index in [0.29, 0.717) is 18.3 Å². The van der Waals surface area contributed by atoms with Gasteiger partial charge in [0.15, 0.2) is 0 Å². The van der Waals surface area contributed by atoms with Crippen LogP contribution in [-0.2, 0) is 4.74 Å². The number of nitrogen functional groups attached to an aromatic ring is 1. The monoisotopic (exact) mass is 251 g/mol. The highest BCUT2D eigenvalue weighted by Gasteiger charge is 2.28. The number of nitrogens with two attached hydrogens (primary N) is 1. The Kier molecular flexibility index (Phi) is 4.33. The van der Waals surface area contributed by atoms with Crippen LogP contribution in [0.25, 0.3) is 0 Å². The maximum Gasteiger partial charge on any atom is 0.148 e. The van der Waals surface area contributed by atoms with Crippen molar-refractivity contribution in [2.45, 2.75) is 32.6 Å². The summed E-state index contributed by atoms with van der Waals surface area (Å²) in [6, 6.07) is 0. The lowest BCUT2D eigenvalue weighted by atomic mass is 10.3. The van der Waals surface area contributed by atoms with Crippen molar-refractivity contribution in [2.75, 3.05) is 30.5 Å². The summed E-state index contributed by atoms with van der Waals surface area (Å²) >= 11 is 0. The minimum atomic E-state index is 0.505. The van der Waals surface area contributed by atoms with Crippen LogP contribution in [0.4, 0.5) is 11.6 Å². The third-order valence-electron chi connectivity index (χ3n) is 2.99. The molecule has 6 heteroatoms. The van der Waals surface area contributed by atoms with Crippen LogP contribution in [0.1, 0.15) is 37.1 Å². The third kappa shape index (κ3) is 3.08. The summed E-state index contributed by atoms with van der Waals surface area (Å²) in [5.41, 5.74) is 3.58. The Hall–Kier alpha value is -1.40. The van der Waals surface area contributed by atoms with Crippen molar-refractivity contribution in [2.24, 2.45) is 5.84 Å². The first-order chi connectivity index (χ1) is 8.76. The zero-order valence-electron chi connectivity index (χ0n) is 11.0. The van der Waals surface area contributed by atoms with Gasteiger partial charge in [0.25, 0.3) is 0 Å². The van der Waals surface area contributed by atoms with E-state index in [1.165, 1.54) is 12.8 Å². The molecule has 0 spiro atoms. The lowest BCUT2D eigenvalue weighted by molar-refractivity contribution is 0.158. The van der Waals surface area contributed by atoms with Crippen molar-refractivity contribution in [3.63, 3.8) is 0 Å². The van der Waals surface area contributed by atoms with E-state index in [9.17, 15) is 0 Å². The highest BCUT2D eigenvalue weighted by molar-refractivity contribution is 5.57. The molecule has 2 rings (SSSR count). The highest BCUT2D eigenvalue weighted by Crippen LogP contribution is 2.39. The molecule has 1 fully saturated rings. The molecule has 18 heavy (non-hydrogen) atoms. The fourth-order valence-electron chi connectivity index (χ4n) is 1.76. The van der Waals surface area contributed by atoms with Crippen LogP contribution in [0.2, 0.25) is 0 Å². The van der Waals surface area contributed by atoms with Crippen molar-refractivity contribution < 1.29 is 4.74 Å². The number of hydrogen-bond acceptors (Lipinski definition) is 6. The first-order valence-corrected chi connectivity index (χ1v) is 6.43. The SMILES string of the molecule is CCOCCNc1nc(C2CC2)nc(NN)c1C. The Morgan fingerprint density at radius 2 is 2.06 bits per heavy atom. The Labute approximate surface area is 107 Å². The van der Waals surface area contributed by atoms with Gasteiger partial charge in [-0.3, -0.25) is 0 Å². The van der Waals surface area contributed by atoms with Crippen LogP contribution >= 0.6 is 0 Å². The van der Waals surface area contributed by atoms with Crippen molar-refractivity contribution >= 4 is 11.6 Å². The number of rotatable bonds is 7. The molecule has 1 heterocycles. The van der Waals surface area contributed by atoms with Gasteiger partial charge in [0, 0.05) is 24.6 Å². The molecule has 0 saturated heterocycles. The predicted molar refractivity (Wildman–Crippen MR) is 71.5 cm³/mol. The quantitative estimate of drug-likeness (QED) is 0.386. The molecule has 6 nitrogen and oxygen atoms in total. The predicted octanol–water partition coefficient (Wildman–Crippen LogP) is 1.40. The summed E-state index contributed by atoms with van der Waals surface area (Å²) in [7, 11) is 0. The number of hydrogen-bond donors (Lipinski definition) is 3. The Morgan fingerprint density at radius 1 is 1.33 bits per heavy atom. The number of aromatic nitrogens is 2. The summed E-state index contributed by atoms with van der Waals surface area (Å²) in [6.45, 7) is 6.07. The molecule has 0 atom stereocenters. The maximum absolute atomic E-state index is 5.49. The number of hydrazine groups is 1. The highest BCUT2D eigenvalue weighted by atomic mass is 16.5. The summed E-state index contributed by atoms with van der Waals surface area (Å²) in [5, 5.41) is 3.27. The topological polar surface area (TPSA) is 85.1 Å². The van der Waals surface area contributed by atoms with Crippen molar-refractivity contribution in [3.05, 3.63) is 11.4 Å². The lowest BCUT2D eigenvalue weighted by Gasteiger charge is -2.13. The smallest absolute Gasteiger partial charge is 0.148 e. The number of nitrogens with one attached hydrogen (secondary N) is 2. The Bertz CT molecular complexity index is 406. The molecular formula is C12H21N5O. The van der Waals surface area contributed by atoms with Crippen LogP contribution in [0.5, 0.6) is 0 Å². The molecule has 0 bridgehead atoms. The van der Waals surface area contributed by atoms with Gasteiger partial charge in [0.05, 0.1) is 6.61 Å². The molecule has 1 aliphatic carbocycles. The maximum atomic E-state index is 5.49. The molecule has 0 aromatic carbocycles. The Morgan fingerprint density at radius 3 is 2.67 bits per heavy atom. The molecular weight excluding hydrogens is 230 g/mol. The van der Waals surface area contributed by atoms with Crippen LogP contribution in [-0.4, -0.2) is 29.7 Å². The second-order valence-electron chi connectivity index (χ2n) is 4.45. The van der Waals surface area contributed by atoms with Crippen LogP contribution < -0.4 is 16.6 Å². The van der Waals surface area contributed by atoms with E-state index in [1.807, 2.05) is 13.8 Å². The van der Waals surface area contributed by atoms with E-state index >= 15 is 0 Å². The summed E-state index contributed by atoms with van der Waals surface area (Å²) < 4.78 is 5.30. The van der Waals surface area contributed by atoms with Crippen LogP contribution in [0.15, 0.2) is 0 Å². The molecule has 1 aliphatic rings. The zero-order valence-corrected chi connectivity index (χ0v) is 11.0. The van der Waals surface area contributed by atoms with E-state index in [1.54, 1.807) is 0 Å². The molecule has 0 aliphatic heterocycles. The van der Waals surface area contributed by atoms with Gasteiger partial charge >= 0.3 is 0 Å².